The number of rotatable bonds is 0. The molecule has 0 aromatic carbocycles. The monoisotopic (exact) mass is 220 g/mol. The summed E-state index contributed by atoms with van der Waals surface area (Å²) in [7, 11) is 0. The maximum absolute atomic E-state index is 5.86. The largest absolute Gasteiger partial charge is 0.123 e. The zero-order valence-corrected chi connectivity index (χ0v) is 8.26. The molecule has 2 atom stereocenters. The normalized spacial score (nSPS) is 49.2. The first-order chi connectivity index (χ1) is 4.61. The summed E-state index contributed by atoms with van der Waals surface area (Å²) in [5.41, 5.74) is 0. The lowest BCUT2D eigenvalue weighted by Gasteiger charge is -2.29. The van der Waals surface area contributed by atoms with Crippen LogP contribution in [0, 0.1) is 0 Å². The van der Waals surface area contributed by atoms with E-state index < -0.39 is 0 Å². The highest BCUT2D eigenvalue weighted by Crippen LogP contribution is 2.33. The van der Waals surface area contributed by atoms with E-state index in [2.05, 4.69) is 0 Å². The highest BCUT2D eigenvalue weighted by molar-refractivity contribution is 6.36. The van der Waals surface area contributed by atoms with Gasteiger partial charge in [0.2, 0.25) is 0 Å². The molecule has 1 rings (SSSR count). The predicted octanol–water partition coefficient (Wildman–Crippen LogP) is 3.21. The molecule has 1 saturated carbocycles. The molecule has 0 aliphatic heterocycles. The van der Waals surface area contributed by atoms with Crippen LogP contribution >= 0.6 is 46.4 Å². The van der Waals surface area contributed by atoms with E-state index >= 15 is 0 Å². The number of hydrogen-bond donors (Lipinski definition) is 0. The Morgan fingerprint density at radius 1 is 0.800 bits per heavy atom. The van der Waals surface area contributed by atoms with Gasteiger partial charge in [0.15, 0.2) is 0 Å². The van der Waals surface area contributed by atoms with Crippen molar-refractivity contribution in [2.24, 2.45) is 0 Å². The van der Waals surface area contributed by atoms with E-state index in [1.165, 1.54) is 0 Å². The van der Waals surface area contributed by atoms with Gasteiger partial charge < -0.3 is 0 Å². The molecule has 0 aromatic heterocycles. The highest BCUT2D eigenvalue weighted by atomic mass is 35.5. The number of halogens is 4. The van der Waals surface area contributed by atoms with Crippen LogP contribution in [0.1, 0.15) is 12.8 Å². The van der Waals surface area contributed by atoms with Crippen molar-refractivity contribution in [2.75, 3.05) is 0 Å². The smallest absolute Gasteiger partial charge is 0.0664 e. The molecule has 0 N–H and O–H groups in total. The molecule has 4 heteroatoms. The molecule has 10 heavy (non-hydrogen) atoms. The summed E-state index contributed by atoms with van der Waals surface area (Å²) in [6, 6.07) is 0. The van der Waals surface area contributed by atoms with E-state index in [0.29, 0.717) is 0 Å². The van der Waals surface area contributed by atoms with Gasteiger partial charge in [-0.3, -0.25) is 0 Å². The third kappa shape index (κ3) is 2.07. The van der Waals surface area contributed by atoms with Crippen LogP contribution in [-0.4, -0.2) is 21.5 Å². The molecule has 0 radical (unpaired) electrons. The fourth-order valence-electron chi connectivity index (χ4n) is 1.07. The summed E-state index contributed by atoms with van der Waals surface area (Å²) in [6.45, 7) is 0. The van der Waals surface area contributed by atoms with E-state index in [-0.39, 0.29) is 21.5 Å². The number of alkyl halides is 4. The Kier molecular flexibility index (Phi) is 3.43. The Balaban J connectivity index is 2.49. The van der Waals surface area contributed by atoms with Crippen molar-refractivity contribution < 1.29 is 0 Å². The maximum atomic E-state index is 5.86. The van der Waals surface area contributed by atoms with Gasteiger partial charge >= 0.3 is 0 Å². The lowest BCUT2D eigenvalue weighted by Crippen LogP contribution is -2.35. The van der Waals surface area contributed by atoms with Crippen LogP contribution in [0.25, 0.3) is 0 Å². The summed E-state index contributed by atoms with van der Waals surface area (Å²) in [5.74, 6) is 0. The number of hydrogen-bond acceptors (Lipinski definition) is 0. The third-order valence-electron chi connectivity index (χ3n) is 1.65. The van der Waals surface area contributed by atoms with E-state index in [4.69, 9.17) is 46.4 Å². The first-order valence-electron chi connectivity index (χ1n) is 3.17. The Bertz CT molecular complexity index is 104. The van der Waals surface area contributed by atoms with Crippen molar-refractivity contribution in [1.29, 1.82) is 0 Å². The molecular formula is C6H8Cl4. The van der Waals surface area contributed by atoms with E-state index in [1.54, 1.807) is 0 Å². The van der Waals surface area contributed by atoms with E-state index in [1.807, 2.05) is 0 Å². The second kappa shape index (κ2) is 3.71. The average molecular weight is 222 g/mol. The first-order valence-corrected chi connectivity index (χ1v) is 4.92. The van der Waals surface area contributed by atoms with E-state index in [0.717, 1.165) is 12.8 Å². The minimum Gasteiger partial charge on any atom is -0.123 e. The van der Waals surface area contributed by atoms with Gasteiger partial charge in [0, 0.05) is 5.38 Å². The zero-order chi connectivity index (χ0) is 7.72. The van der Waals surface area contributed by atoms with Crippen LogP contribution in [-0.2, 0) is 0 Å². The Labute approximate surface area is 80.8 Å². The summed E-state index contributed by atoms with van der Waals surface area (Å²) < 4.78 is 0. The average Bonchev–Trinajstić information content (AvgIpc) is 1.82. The molecule has 1 aliphatic carbocycles. The fourth-order valence-corrected chi connectivity index (χ4v) is 2.70. The van der Waals surface area contributed by atoms with Crippen LogP contribution in [0.4, 0.5) is 0 Å². The van der Waals surface area contributed by atoms with Gasteiger partial charge in [-0.05, 0) is 12.8 Å². The maximum Gasteiger partial charge on any atom is 0.0664 e. The second-order valence-corrected chi connectivity index (χ2v) is 4.79. The van der Waals surface area contributed by atoms with Gasteiger partial charge in [0.25, 0.3) is 0 Å². The molecule has 0 amide bonds. The van der Waals surface area contributed by atoms with Crippen molar-refractivity contribution in [2.45, 2.75) is 34.3 Å². The molecule has 0 aromatic rings. The zero-order valence-electron chi connectivity index (χ0n) is 5.24. The van der Waals surface area contributed by atoms with E-state index in [9.17, 15) is 0 Å². The lowest BCUT2D eigenvalue weighted by molar-refractivity contribution is 0.531. The predicted molar refractivity (Wildman–Crippen MR) is 47.8 cm³/mol. The van der Waals surface area contributed by atoms with Crippen molar-refractivity contribution in [1.82, 2.24) is 0 Å². The van der Waals surface area contributed by atoms with Gasteiger partial charge in [-0.1, -0.05) is 0 Å². The molecule has 1 fully saturated rings. The molecule has 60 valence electrons. The van der Waals surface area contributed by atoms with Crippen molar-refractivity contribution >= 4 is 46.4 Å². The van der Waals surface area contributed by atoms with Crippen LogP contribution in [0.15, 0.2) is 0 Å². The summed E-state index contributed by atoms with van der Waals surface area (Å²) in [5, 5.41) is -0.167. The van der Waals surface area contributed by atoms with Crippen molar-refractivity contribution in [3.8, 4) is 0 Å². The van der Waals surface area contributed by atoms with Crippen LogP contribution < -0.4 is 0 Å². The minimum absolute atomic E-state index is 0.0691. The summed E-state index contributed by atoms with van der Waals surface area (Å²) in [4.78, 5) is 0. The minimum atomic E-state index is -0.127. The molecule has 0 nitrogen and oxygen atoms in total. The van der Waals surface area contributed by atoms with Crippen LogP contribution in [0.3, 0.4) is 0 Å². The molecule has 0 unspecified atom stereocenters. The molecule has 0 saturated heterocycles. The van der Waals surface area contributed by atoms with Gasteiger partial charge in [0.05, 0.1) is 16.1 Å². The summed E-state index contributed by atoms with van der Waals surface area (Å²) >= 11 is 23.4. The Morgan fingerprint density at radius 3 is 1.60 bits per heavy atom. The van der Waals surface area contributed by atoms with Gasteiger partial charge in [-0.25, -0.2) is 0 Å². The lowest BCUT2D eigenvalue weighted by atomic mass is 9.99. The SMILES string of the molecule is ClC1C[C@@H](Cl)C(Cl)[C@H](Cl)C1. The van der Waals surface area contributed by atoms with Crippen molar-refractivity contribution in [3.63, 3.8) is 0 Å². The van der Waals surface area contributed by atoms with Gasteiger partial charge in [-0.15, -0.1) is 46.4 Å². The summed E-state index contributed by atoms with van der Waals surface area (Å²) in [6.07, 6.45) is 1.53. The second-order valence-electron chi connectivity index (χ2n) is 2.55. The quantitative estimate of drug-likeness (QED) is 0.552. The standard InChI is InChI=1S/C6H8Cl4/c7-3-1-4(8)6(10)5(9)2-3/h3-6H,1-2H2/t3?,4-,5-,6?/m1/s1. The Morgan fingerprint density at radius 2 is 1.20 bits per heavy atom. The molecule has 0 bridgehead atoms. The first kappa shape index (κ1) is 9.25. The van der Waals surface area contributed by atoms with Gasteiger partial charge in [0.1, 0.15) is 0 Å². The molecule has 0 spiro atoms. The van der Waals surface area contributed by atoms with Crippen LogP contribution in [0.2, 0.25) is 0 Å². The molecule has 0 heterocycles. The fraction of sp³-hybridized carbons (Fsp3) is 1.00. The third-order valence-corrected chi connectivity index (χ3v) is 3.77. The Hall–Kier alpha value is 1.16. The molecular weight excluding hydrogens is 214 g/mol. The van der Waals surface area contributed by atoms with Crippen molar-refractivity contribution in [3.05, 3.63) is 0 Å². The van der Waals surface area contributed by atoms with Gasteiger partial charge in [-0.2, -0.15) is 0 Å². The molecule has 1 aliphatic rings. The highest BCUT2D eigenvalue weighted by Gasteiger charge is 2.33. The topological polar surface area (TPSA) is 0 Å². The van der Waals surface area contributed by atoms with Crippen LogP contribution in [0.5, 0.6) is 0 Å².